The number of Topliss-reactive ketones (excluding diaryl/α,β-unsaturated/α-hetero) is 1. The fourth-order valence-electron chi connectivity index (χ4n) is 5.19. The number of hydrogen-bond acceptors (Lipinski definition) is 8. The van der Waals surface area contributed by atoms with E-state index in [-0.39, 0.29) is 25.2 Å². The van der Waals surface area contributed by atoms with Gasteiger partial charge in [-0.05, 0) is 64.5 Å². The van der Waals surface area contributed by atoms with Gasteiger partial charge in [0.15, 0.2) is 5.78 Å². The summed E-state index contributed by atoms with van der Waals surface area (Å²) in [4.78, 5) is 59.8. The summed E-state index contributed by atoms with van der Waals surface area (Å²) in [6, 6.07) is 6.04. The van der Waals surface area contributed by atoms with Crippen molar-refractivity contribution in [2.75, 3.05) is 6.54 Å². The number of rotatable bonds is 9. The van der Waals surface area contributed by atoms with Crippen LogP contribution in [0.4, 0.5) is 4.79 Å². The molecule has 1 fully saturated rings. The topological polar surface area (TPSA) is 138 Å². The van der Waals surface area contributed by atoms with Crippen LogP contribution >= 0.6 is 11.3 Å². The highest BCUT2D eigenvalue weighted by Crippen LogP contribution is 2.35. The molecule has 0 saturated carbocycles. The van der Waals surface area contributed by atoms with Crippen molar-refractivity contribution >= 4 is 35.0 Å². The molecule has 2 heterocycles. The average molecular weight is 615 g/mol. The number of nitrogens with zero attached hydrogens (tertiary/aromatic N) is 2. The molecule has 0 radical (unpaired) electrons. The van der Waals surface area contributed by atoms with Gasteiger partial charge in [-0.1, -0.05) is 45.0 Å². The molecule has 3 amide bonds. The Balaban J connectivity index is 1.71. The van der Waals surface area contributed by atoms with Crippen LogP contribution in [-0.4, -0.2) is 74.6 Å². The minimum absolute atomic E-state index is 0.0157. The number of aryl methyl sites for hydroxylation is 2. The Hall–Kier alpha value is -3.31. The number of carbonyl (C=O) groups excluding carboxylic acids is 4. The zero-order valence-electron chi connectivity index (χ0n) is 26.7. The monoisotopic (exact) mass is 614 g/mol. The summed E-state index contributed by atoms with van der Waals surface area (Å²) in [6.45, 7) is 15.7. The molecule has 43 heavy (non-hydrogen) atoms. The van der Waals surface area contributed by atoms with Crippen molar-refractivity contribution in [3.8, 4) is 10.4 Å². The minimum atomic E-state index is -1.23. The van der Waals surface area contributed by atoms with E-state index in [2.05, 4.69) is 15.6 Å². The molecule has 0 aliphatic carbocycles. The molecule has 4 atom stereocenters. The first-order chi connectivity index (χ1) is 19.8. The highest BCUT2D eigenvalue weighted by Gasteiger charge is 2.51. The van der Waals surface area contributed by atoms with E-state index in [4.69, 9.17) is 4.74 Å². The highest BCUT2D eigenvalue weighted by atomic mass is 32.1. The maximum Gasteiger partial charge on any atom is 0.408 e. The molecule has 1 aromatic carbocycles. The molecule has 1 saturated heterocycles. The lowest BCUT2D eigenvalue weighted by Crippen LogP contribution is -2.62. The van der Waals surface area contributed by atoms with E-state index in [9.17, 15) is 24.3 Å². The van der Waals surface area contributed by atoms with Crippen LogP contribution in [0, 0.1) is 12.3 Å². The Morgan fingerprint density at radius 1 is 1.12 bits per heavy atom. The number of alkyl carbamates (subject to hydrolysis) is 1. The van der Waals surface area contributed by atoms with E-state index in [0.29, 0.717) is 6.42 Å². The molecule has 1 aliphatic rings. The van der Waals surface area contributed by atoms with Gasteiger partial charge in [0.2, 0.25) is 11.8 Å². The van der Waals surface area contributed by atoms with Crippen LogP contribution in [0.5, 0.6) is 0 Å². The van der Waals surface area contributed by atoms with Gasteiger partial charge in [0.1, 0.15) is 23.2 Å². The van der Waals surface area contributed by atoms with Crippen LogP contribution in [0.1, 0.15) is 79.5 Å². The largest absolute Gasteiger partial charge is 0.444 e. The van der Waals surface area contributed by atoms with Gasteiger partial charge in [-0.2, -0.15) is 0 Å². The van der Waals surface area contributed by atoms with Crippen molar-refractivity contribution in [3.63, 3.8) is 0 Å². The maximum atomic E-state index is 14.0. The van der Waals surface area contributed by atoms with Crippen molar-refractivity contribution in [1.82, 2.24) is 20.5 Å². The van der Waals surface area contributed by atoms with E-state index in [0.717, 1.165) is 21.7 Å². The number of thiazole rings is 1. The first kappa shape index (κ1) is 34.2. The van der Waals surface area contributed by atoms with Crippen molar-refractivity contribution < 1.29 is 29.0 Å². The number of ketones is 1. The number of carbonyl (C=O) groups is 4. The summed E-state index contributed by atoms with van der Waals surface area (Å²) >= 11 is 1.58. The third-order valence-corrected chi connectivity index (χ3v) is 8.60. The molecule has 0 spiro atoms. The molecular formula is C32H46N4O6S. The summed E-state index contributed by atoms with van der Waals surface area (Å²) in [7, 11) is 0. The summed E-state index contributed by atoms with van der Waals surface area (Å²) in [5, 5.41) is 15.9. The molecule has 1 aliphatic heterocycles. The van der Waals surface area contributed by atoms with E-state index < -0.39 is 52.7 Å². The number of aromatic nitrogens is 1. The maximum absolute atomic E-state index is 14.0. The summed E-state index contributed by atoms with van der Waals surface area (Å²) < 4.78 is 5.23. The molecule has 236 valence electrons. The molecule has 11 heteroatoms. The molecule has 1 unspecified atom stereocenters. The second kappa shape index (κ2) is 13.1. The van der Waals surface area contributed by atoms with Crippen LogP contribution in [0.3, 0.4) is 0 Å². The Bertz CT molecular complexity index is 1330. The smallest absolute Gasteiger partial charge is 0.408 e. The van der Waals surface area contributed by atoms with Gasteiger partial charge in [0.05, 0.1) is 22.2 Å². The van der Waals surface area contributed by atoms with Crippen molar-refractivity contribution in [2.45, 2.75) is 111 Å². The van der Waals surface area contributed by atoms with Crippen LogP contribution in [0.15, 0.2) is 29.8 Å². The average Bonchev–Trinajstić information content (AvgIpc) is 3.45. The molecule has 3 N–H and O–H groups in total. The van der Waals surface area contributed by atoms with Crippen molar-refractivity contribution in [2.24, 2.45) is 5.41 Å². The quantitative estimate of drug-likeness (QED) is 0.380. The second-order valence-corrected chi connectivity index (χ2v) is 14.5. The van der Waals surface area contributed by atoms with Gasteiger partial charge < -0.3 is 25.4 Å². The lowest BCUT2D eigenvalue weighted by Gasteiger charge is -2.40. The number of aliphatic hydroxyl groups is 1. The Labute approximate surface area is 258 Å². The fourth-order valence-corrected chi connectivity index (χ4v) is 6.01. The lowest BCUT2D eigenvalue weighted by atomic mass is 9.83. The van der Waals surface area contributed by atoms with E-state index in [1.165, 1.54) is 11.8 Å². The van der Waals surface area contributed by atoms with Crippen molar-refractivity contribution in [1.29, 1.82) is 0 Å². The third kappa shape index (κ3) is 8.63. The minimum Gasteiger partial charge on any atom is -0.444 e. The number of likely N-dealkylation sites (tertiary alicyclic amines) is 1. The van der Waals surface area contributed by atoms with Crippen LogP contribution < -0.4 is 10.6 Å². The van der Waals surface area contributed by atoms with E-state index in [1.807, 2.05) is 57.5 Å². The van der Waals surface area contributed by atoms with Gasteiger partial charge in [-0.3, -0.25) is 14.4 Å². The molecule has 3 rings (SSSR count). The summed E-state index contributed by atoms with van der Waals surface area (Å²) in [5.74, 6) is -1.18. The van der Waals surface area contributed by atoms with Crippen molar-refractivity contribution in [3.05, 3.63) is 41.0 Å². The number of β-amino-alcohol motifs (C(OH)–C–C–N with tert-alkyl or cyclic N) is 1. The number of benzene rings is 1. The fraction of sp³-hybridized carbons (Fsp3) is 0.594. The van der Waals surface area contributed by atoms with Gasteiger partial charge in [-0.25, -0.2) is 9.78 Å². The van der Waals surface area contributed by atoms with Gasteiger partial charge in [0.25, 0.3) is 0 Å². The summed E-state index contributed by atoms with van der Waals surface area (Å²) in [6.07, 6.45) is -0.827. The predicted octanol–water partition coefficient (Wildman–Crippen LogP) is 4.42. The van der Waals surface area contributed by atoms with Gasteiger partial charge in [0, 0.05) is 19.4 Å². The SMILES string of the molecule is Cc1ncsc1-c1ccc(CCC(=O)C2(C)C[C@@H](O)CN2C(=O)[C@@H](NC(=O)[C@H](C)NC(=O)OC(C)(C)C)C(C)(C)C)cc1. The standard InChI is InChI=1S/C32H46N4O6S/c1-19-25(43-18-33-19)22-13-10-21(11-14-22)12-15-24(38)32(9)16-23(37)17-36(32)28(40)26(30(3,4)5)35-27(39)20(2)34-29(41)42-31(6,7)8/h10-11,13-14,18,20,23,26,37H,12,15-17H2,1-9H3,(H,34,41)(H,35,39)/t20-,23+,26+,32?/m0/s1. The first-order valence-corrected chi connectivity index (χ1v) is 15.5. The predicted molar refractivity (Wildman–Crippen MR) is 167 cm³/mol. The Kier molecular flexibility index (Phi) is 10.4. The van der Waals surface area contributed by atoms with E-state index >= 15 is 0 Å². The molecule has 2 aromatic rings. The number of nitrogens with one attached hydrogen (secondary N) is 2. The van der Waals surface area contributed by atoms with Crippen LogP contribution in [0.2, 0.25) is 0 Å². The van der Waals surface area contributed by atoms with Crippen LogP contribution in [0.25, 0.3) is 10.4 Å². The molecule has 0 bridgehead atoms. The van der Waals surface area contributed by atoms with Crippen LogP contribution in [-0.2, 0) is 25.5 Å². The number of aliphatic hydroxyl groups excluding tert-OH is 1. The number of amides is 3. The highest BCUT2D eigenvalue weighted by molar-refractivity contribution is 7.13. The molecule has 10 nitrogen and oxygen atoms in total. The zero-order chi connectivity index (χ0) is 32.3. The second-order valence-electron chi connectivity index (χ2n) is 13.6. The zero-order valence-corrected chi connectivity index (χ0v) is 27.6. The number of hydrogen-bond donors (Lipinski definition) is 3. The van der Waals surface area contributed by atoms with Gasteiger partial charge >= 0.3 is 6.09 Å². The Morgan fingerprint density at radius 3 is 2.28 bits per heavy atom. The molecule has 1 aromatic heterocycles. The first-order valence-electron chi connectivity index (χ1n) is 14.6. The normalized spacial score (nSPS) is 20.3. The Morgan fingerprint density at radius 2 is 1.74 bits per heavy atom. The third-order valence-electron chi connectivity index (χ3n) is 7.62. The summed E-state index contributed by atoms with van der Waals surface area (Å²) in [5.41, 5.74) is 2.16. The van der Waals surface area contributed by atoms with E-state index in [1.54, 1.807) is 39.0 Å². The lowest BCUT2D eigenvalue weighted by molar-refractivity contribution is -0.148. The molecular weight excluding hydrogens is 568 g/mol. The number of ether oxygens (including phenoxy) is 1. The van der Waals surface area contributed by atoms with Gasteiger partial charge in [-0.15, -0.1) is 11.3 Å².